The van der Waals surface area contributed by atoms with E-state index in [4.69, 9.17) is 4.98 Å². The maximum absolute atomic E-state index is 13.1. The number of pyridine rings is 2. The highest BCUT2D eigenvalue weighted by Gasteiger charge is 2.28. The minimum Gasteiger partial charge on any atom is -0.382 e. The molecule has 1 atom stereocenters. The first kappa shape index (κ1) is 17.8. The predicted molar refractivity (Wildman–Crippen MR) is 108 cm³/mol. The number of fused-ring (bicyclic) bond motifs is 1. The van der Waals surface area contributed by atoms with Gasteiger partial charge in [0.1, 0.15) is 0 Å². The van der Waals surface area contributed by atoms with E-state index in [-0.39, 0.29) is 12.1 Å². The number of rotatable bonds is 2. The van der Waals surface area contributed by atoms with Crippen LogP contribution in [0, 0.1) is 0 Å². The van der Waals surface area contributed by atoms with Crippen LogP contribution in [0.4, 0.5) is 22.1 Å². The zero-order chi connectivity index (χ0) is 19.3. The Morgan fingerprint density at radius 3 is 2.89 bits per heavy atom. The van der Waals surface area contributed by atoms with Crippen molar-refractivity contribution < 1.29 is 4.79 Å². The minimum absolute atomic E-state index is 0.0193. The molecular weight excluding hydrogens is 354 g/mol. The number of nitrogens with zero attached hydrogens (tertiary/aromatic N) is 5. The molecule has 1 aliphatic heterocycles. The lowest BCUT2D eigenvalue weighted by molar-refractivity contribution is 0.254. The van der Waals surface area contributed by atoms with Crippen molar-refractivity contribution in [1.82, 2.24) is 20.2 Å². The van der Waals surface area contributed by atoms with Gasteiger partial charge in [-0.15, -0.1) is 5.10 Å². The molecule has 0 fully saturated rings. The Morgan fingerprint density at radius 1 is 1.21 bits per heavy atom. The Morgan fingerprint density at radius 2 is 2.11 bits per heavy atom. The Hall–Kier alpha value is -3.55. The van der Waals surface area contributed by atoms with Gasteiger partial charge in [-0.1, -0.05) is 0 Å². The van der Waals surface area contributed by atoms with Crippen LogP contribution in [0.3, 0.4) is 0 Å². The van der Waals surface area contributed by atoms with Crippen molar-refractivity contribution in [2.75, 3.05) is 22.1 Å². The van der Waals surface area contributed by atoms with E-state index >= 15 is 0 Å². The van der Waals surface area contributed by atoms with E-state index in [0.717, 1.165) is 36.3 Å². The molecular formula is C20H21N7O. The largest absolute Gasteiger partial charge is 0.382 e. The smallest absolute Gasteiger partial charge is 0.329 e. The van der Waals surface area contributed by atoms with E-state index in [9.17, 15) is 4.79 Å². The summed E-state index contributed by atoms with van der Waals surface area (Å²) in [6.45, 7) is 2.87. The minimum atomic E-state index is -0.284. The quantitative estimate of drug-likeness (QED) is 0.711. The number of carbonyl (C=O) groups is 1. The van der Waals surface area contributed by atoms with Gasteiger partial charge in [-0.05, 0) is 56.2 Å². The molecule has 0 saturated carbocycles. The first-order chi connectivity index (χ1) is 13.7. The molecule has 142 valence electrons. The van der Waals surface area contributed by atoms with Crippen LogP contribution in [0.15, 0.2) is 55.0 Å². The standard InChI is InChI=1S/C20H21N7O/c1-14-5-2-11-22-17-9-8-16(15-6-3-10-21-13-15)24-19(17)27(14)20(28)25-18-7-4-12-23-26-18/h3-4,6-10,12-14,22H,2,5,11H2,1H3,(H,25,26,28)/t14-/m1/s1. The number of nitrogens with one attached hydrogen (secondary N) is 2. The van der Waals surface area contributed by atoms with E-state index in [2.05, 4.69) is 25.8 Å². The molecule has 4 rings (SSSR count). The van der Waals surface area contributed by atoms with Crippen LogP contribution >= 0.6 is 0 Å². The van der Waals surface area contributed by atoms with Crippen LogP contribution in [-0.2, 0) is 0 Å². The summed E-state index contributed by atoms with van der Waals surface area (Å²) < 4.78 is 0. The number of aromatic nitrogens is 4. The highest BCUT2D eigenvalue weighted by atomic mass is 16.2. The Kier molecular flexibility index (Phi) is 5.09. The summed E-state index contributed by atoms with van der Waals surface area (Å²) in [5.41, 5.74) is 2.49. The molecule has 0 aliphatic carbocycles. The summed E-state index contributed by atoms with van der Waals surface area (Å²) in [5.74, 6) is 0.995. The van der Waals surface area contributed by atoms with Gasteiger partial charge in [0.2, 0.25) is 0 Å². The van der Waals surface area contributed by atoms with Gasteiger partial charge in [-0.3, -0.25) is 15.2 Å². The maximum atomic E-state index is 13.1. The third kappa shape index (κ3) is 3.75. The summed E-state index contributed by atoms with van der Waals surface area (Å²) in [7, 11) is 0. The van der Waals surface area contributed by atoms with Crippen LogP contribution < -0.4 is 15.5 Å². The molecule has 0 bridgehead atoms. The highest BCUT2D eigenvalue weighted by Crippen LogP contribution is 2.32. The van der Waals surface area contributed by atoms with Gasteiger partial charge >= 0.3 is 6.03 Å². The number of hydrogen-bond donors (Lipinski definition) is 2. The molecule has 0 saturated heterocycles. The van der Waals surface area contributed by atoms with Gasteiger partial charge in [0, 0.05) is 36.7 Å². The summed E-state index contributed by atoms with van der Waals surface area (Å²) in [6.07, 6.45) is 6.87. The van der Waals surface area contributed by atoms with Crippen LogP contribution in [-0.4, -0.2) is 38.8 Å². The topological polar surface area (TPSA) is 95.9 Å². The molecule has 8 heteroatoms. The second kappa shape index (κ2) is 7.99. The molecule has 28 heavy (non-hydrogen) atoms. The lowest BCUT2D eigenvalue weighted by Crippen LogP contribution is -2.43. The Bertz CT molecular complexity index is 949. The SMILES string of the molecule is C[C@@H]1CCCNc2ccc(-c3cccnc3)nc2N1C(=O)Nc1cccnn1. The summed E-state index contributed by atoms with van der Waals surface area (Å²) >= 11 is 0. The second-order valence-electron chi connectivity index (χ2n) is 6.64. The maximum Gasteiger partial charge on any atom is 0.329 e. The van der Waals surface area contributed by atoms with E-state index in [0.29, 0.717) is 11.6 Å². The molecule has 2 amide bonds. The van der Waals surface area contributed by atoms with E-state index in [1.54, 1.807) is 35.6 Å². The van der Waals surface area contributed by atoms with E-state index in [1.165, 1.54) is 0 Å². The van der Waals surface area contributed by atoms with Crippen LogP contribution in [0.5, 0.6) is 0 Å². The van der Waals surface area contributed by atoms with Crippen LogP contribution in [0.25, 0.3) is 11.3 Å². The van der Waals surface area contributed by atoms with Crippen molar-refractivity contribution in [2.45, 2.75) is 25.8 Å². The van der Waals surface area contributed by atoms with Gasteiger partial charge < -0.3 is 5.32 Å². The average molecular weight is 375 g/mol. The normalized spacial score (nSPS) is 16.3. The Labute approximate surface area is 163 Å². The van der Waals surface area contributed by atoms with Gasteiger partial charge in [0.05, 0.1) is 11.4 Å². The van der Waals surface area contributed by atoms with Gasteiger partial charge in [0.25, 0.3) is 0 Å². The number of carbonyl (C=O) groups excluding carboxylic acids is 1. The zero-order valence-corrected chi connectivity index (χ0v) is 15.5. The molecule has 3 aromatic rings. The average Bonchev–Trinajstić information content (AvgIpc) is 2.72. The third-order valence-electron chi connectivity index (χ3n) is 4.64. The molecule has 1 aliphatic rings. The van der Waals surface area contributed by atoms with Crippen molar-refractivity contribution in [3.8, 4) is 11.3 Å². The van der Waals surface area contributed by atoms with Crippen molar-refractivity contribution in [1.29, 1.82) is 0 Å². The molecule has 0 radical (unpaired) electrons. The van der Waals surface area contributed by atoms with Gasteiger partial charge in [0.15, 0.2) is 11.6 Å². The monoisotopic (exact) mass is 375 g/mol. The van der Waals surface area contributed by atoms with Gasteiger partial charge in [-0.2, -0.15) is 5.10 Å². The molecule has 3 aromatic heterocycles. The van der Waals surface area contributed by atoms with E-state index < -0.39 is 0 Å². The van der Waals surface area contributed by atoms with Crippen LogP contribution in [0.2, 0.25) is 0 Å². The van der Waals surface area contributed by atoms with Crippen molar-refractivity contribution in [3.05, 3.63) is 55.0 Å². The lowest BCUT2D eigenvalue weighted by atomic mass is 10.1. The van der Waals surface area contributed by atoms with Crippen molar-refractivity contribution >= 4 is 23.4 Å². The van der Waals surface area contributed by atoms with Gasteiger partial charge in [-0.25, -0.2) is 9.78 Å². The molecule has 2 N–H and O–H groups in total. The first-order valence-corrected chi connectivity index (χ1v) is 9.25. The van der Waals surface area contributed by atoms with E-state index in [1.807, 2.05) is 31.2 Å². The zero-order valence-electron chi connectivity index (χ0n) is 15.5. The number of anilines is 3. The van der Waals surface area contributed by atoms with Crippen LogP contribution in [0.1, 0.15) is 19.8 Å². The second-order valence-corrected chi connectivity index (χ2v) is 6.64. The van der Waals surface area contributed by atoms with Crippen molar-refractivity contribution in [2.24, 2.45) is 0 Å². The summed E-state index contributed by atoms with van der Waals surface area (Å²) in [6, 6.07) is 10.9. The molecule has 4 heterocycles. The van der Waals surface area contributed by atoms with Crippen molar-refractivity contribution in [3.63, 3.8) is 0 Å². The molecule has 8 nitrogen and oxygen atoms in total. The number of urea groups is 1. The predicted octanol–water partition coefficient (Wildman–Crippen LogP) is 3.57. The fourth-order valence-electron chi connectivity index (χ4n) is 3.24. The summed E-state index contributed by atoms with van der Waals surface area (Å²) in [4.78, 5) is 23.8. The Balaban J connectivity index is 1.74. The molecule has 0 unspecified atom stereocenters. The summed E-state index contributed by atoms with van der Waals surface area (Å²) in [5, 5.41) is 14.0. The lowest BCUT2D eigenvalue weighted by Gasteiger charge is -2.32. The first-order valence-electron chi connectivity index (χ1n) is 9.25. The fraction of sp³-hybridized carbons (Fsp3) is 0.250. The third-order valence-corrected chi connectivity index (χ3v) is 4.64. The molecule has 0 aromatic carbocycles. The highest BCUT2D eigenvalue weighted by molar-refractivity contribution is 6.03. The number of amides is 2. The number of hydrogen-bond acceptors (Lipinski definition) is 6. The fourth-order valence-corrected chi connectivity index (χ4v) is 3.24. The molecule has 0 spiro atoms.